The molecule has 31 heavy (non-hydrogen) atoms. The zero-order valence-corrected chi connectivity index (χ0v) is 17.7. The van der Waals surface area contributed by atoms with Crippen LogP contribution in [0.2, 0.25) is 5.02 Å². The standard InChI is InChI=1S/C21H15ClFN3O4S/c1-11-17(19(25-30-11)18-14(22)3-2-4-15(18)23)20(28)24-13-7-5-12(6-8-13)9-26-16(27)10-31-21(26)29/h2-8H,9-10H2,1H3,(H,24,28). The van der Waals surface area contributed by atoms with Crippen LogP contribution in [0.3, 0.4) is 0 Å². The molecule has 0 radical (unpaired) electrons. The summed E-state index contributed by atoms with van der Waals surface area (Å²) in [6.45, 7) is 1.71. The lowest BCUT2D eigenvalue weighted by molar-refractivity contribution is -0.125. The van der Waals surface area contributed by atoms with Crippen molar-refractivity contribution in [1.29, 1.82) is 0 Å². The Kier molecular flexibility index (Phi) is 5.79. The number of anilines is 1. The molecule has 0 unspecified atom stereocenters. The first kappa shape index (κ1) is 21.1. The molecule has 1 aliphatic rings. The number of benzene rings is 2. The number of amides is 3. The first-order valence-corrected chi connectivity index (χ1v) is 10.5. The molecule has 1 saturated heterocycles. The SMILES string of the molecule is Cc1onc(-c2c(F)cccc2Cl)c1C(=O)Nc1ccc(CN2C(=O)CSC2=O)cc1. The predicted octanol–water partition coefficient (Wildman–Crippen LogP) is 4.89. The van der Waals surface area contributed by atoms with E-state index in [1.54, 1.807) is 31.2 Å². The van der Waals surface area contributed by atoms with Crippen molar-refractivity contribution in [3.63, 3.8) is 0 Å². The molecule has 0 spiro atoms. The van der Waals surface area contributed by atoms with Crippen LogP contribution in [0.15, 0.2) is 47.0 Å². The highest BCUT2D eigenvalue weighted by Gasteiger charge is 2.30. The quantitative estimate of drug-likeness (QED) is 0.584. The van der Waals surface area contributed by atoms with Gasteiger partial charge >= 0.3 is 0 Å². The maximum Gasteiger partial charge on any atom is 0.289 e. The minimum atomic E-state index is -0.622. The molecule has 1 N–H and O–H groups in total. The largest absolute Gasteiger partial charge is 0.360 e. The van der Waals surface area contributed by atoms with Crippen molar-refractivity contribution >= 4 is 46.1 Å². The molecule has 2 aromatic carbocycles. The van der Waals surface area contributed by atoms with Crippen molar-refractivity contribution in [2.45, 2.75) is 13.5 Å². The van der Waals surface area contributed by atoms with E-state index in [1.165, 1.54) is 23.1 Å². The van der Waals surface area contributed by atoms with E-state index < -0.39 is 11.7 Å². The third-order valence-corrected chi connectivity index (χ3v) is 5.86. The number of carbonyl (C=O) groups excluding carboxylic acids is 3. The van der Waals surface area contributed by atoms with Gasteiger partial charge in [0.25, 0.3) is 11.1 Å². The molecule has 158 valence electrons. The molecule has 3 aromatic rings. The van der Waals surface area contributed by atoms with Crippen LogP contribution in [0, 0.1) is 12.7 Å². The van der Waals surface area contributed by atoms with Crippen LogP contribution in [0.4, 0.5) is 14.9 Å². The van der Waals surface area contributed by atoms with Crippen molar-refractivity contribution in [2.75, 3.05) is 11.1 Å². The molecule has 2 heterocycles. The van der Waals surface area contributed by atoms with E-state index in [0.29, 0.717) is 5.69 Å². The lowest BCUT2D eigenvalue weighted by atomic mass is 10.0. The van der Waals surface area contributed by atoms with E-state index >= 15 is 0 Å². The van der Waals surface area contributed by atoms with Gasteiger partial charge in [-0.2, -0.15) is 0 Å². The molecule has 10 heteroatoms. The van der Waals surface area contributed by atoms with Gasteiger partial charge in [-0.3, -0.25) is 19.3 Å². The van der Waals surface area contributed by atoms with Crippen molar-refractivity contribution in [1.82, 2.24) is 10.1 Å². The van der Waals surface area contributed by atoms with Gasteiger partial charge in [0, 0.05) is 5.69 Å². The molecule has 0 atom stereocenters. The third-order valence-electron chi connectivity index (χ3n) is 4.68. The fraction of sp³-hybridized carbons (Fsp3) is 0.143. The Morgan fingerprint density at radius 1 is 1.26 bits per heavy atom. The van der Waals surface area contributed by atoms with Crippen molar-refractivity contribution in [3.05, 3.63) is 70.2 Å². The molecule has 1 aliphatic heterocycles. The number of aromatic nitrogens is 1. The highest BCUT2D eigenvalue weighted by Crippen LogP contribution is 2.33. The van der Waals surface area contributed by atoms with Crippen LogP contribution < -0.4 is 5.32 Å². The van der Waals surface area contributed by atoms with Gasteiger partial charge in [-0.05, 0) is 36.8 Å². The molecule has 1 fully saturated rings. The van der Waals surface area contributed by atoms with E-state index in [0.717, 1.165) is 17.3 Å². The van der Waals surface area contributed by atoms with E-state index in [-0.39, 0.29) is 51.0 Å². The Balaban J connectivity index is 1.54. The fourth-order valence-electron chi connectivity index (χ4n) is 3.14. The van der Waals surface area contributed by atoms with E-state index in [1.807, 2.05) is 0 Å². The van der Waals surface area contributed by atoms with Gasteiger partial charge in [-0.25, -0.2) is 4.39 Å². The van der Waals surface area contributed by atoms with Gasteiger partial charge in [-0.1, -0.05) is 46.7 Å². The van der Waals surface area contributed by atoms with Gasteiger partial charge in [0.1, 0.15) is 22.8 Å². The Morgan fingerprint density at radius 3 is 2.65 bits per heavy atom. The first-order chi connectivity index (χ1) is 14.8. The van der Waals surface area contributed by atoms with E-state index in [9.17, 15) is 18.8 Å². The second-order valence-corrected chi connectivity index (χ2v) is 8.08. The summed E-state index contributed by atoms with van der Waals surface area (Å²) in [6, 6.07) is 10.9. The summed E-state index contributed by atoms with van der Waals surface area (Å²) in [5, 5.41) is 6.37. The summed E-state index contributed by atoms with van der Waals surface area (Å²) in [4.78, 5) is 37.5. The number of thioether (sulfide) groups is 1. The zero-order chi connectivity index (χ0) is 22.1. The average molecular weight is 460 g/mol. The number of nitrogens with one attached hydrogen (secondary N) is 1. The Bertz CT molecular complexity index is 1160. The van der Waals surface area contributed by atoms with Crippen LogP contribution in [-0.2, 0) is 11.3 Å². The Labute approximate surface area is 185 Å². The summed E-state index contributed by atoms with van der Waals surface area (Å²) < 4.78 is 19.5. The molecule has 0 saturated carbocycles. The molecule has 0 aliphatic carbocycles. The number of imide groups is 1. The minimum Gasteiger partial charge on any atom is -0.360 e. The summed E-state index contributed by atoms with van der Waals surface area (Å²) in [6.07, 6.45) is 0. The van der Waals surface area contributed by atoms with Crippen molar-refractivity contribution < 1.29 is 23.3 Å². The summed E-state index contributed by atoms with van der Waals surface area (Å²) in [5.74, 6) is -1.02. The highest BCUT2D eigenvalue weighted by atomic mass is 35.5. The van der Waals surface area contributed by atoms with Gasteiger partial charge in [-0.15, -0.1) is 0 Å². The van der Waals surface area contributed by atoms with Crippen LogP contribution >= 0.6 is 23.4 Å². The molecular weight excluding hydrogens is 445 g/mol. The van der Waals surface area contributed by atoms with Gasteiger partial charge < -0.3 is 9.84 Å². The molecule has 1 aromatic heterocycles. The fourth-order valence-corrected chi connectivity index (χ4v) is 4.12. The molecular formula is C21H15ClFN3O4S. The second-order valence-electron chi connectivity index (χ2n) is 6.74. The second kappa shape index (κ2) is 8.52. The molecule has 3 amide bonds. The number of halogens is 2. The minimum absolute atomic E-state index is 0.0123. The van der Waals surface area contributed by atoms with Gasteiger partial charge in [0.15, 0.2) is 0 Å². The van der Waals surface area contributed by atoms with E-state index in [2.05, 4.69) is 10.5 Å². The van der Waals surface area contributed by atoms with Gasteiger partial charge in [0.2, 0.25) is 5.91 Å². The smallest absolute Gasteiger partial charge is 0.289 e. The maximum atomic E-state index is 14.3. The normalized spacial score (nSPS) is 13.7. The van der Waals surface area contributed by atoms with Crippen LogP contribution in [0.25, 0.3) is 11.3 Å². The molecule has 0 bridgehead atoms. The van der Waals surface area contributed by atoms with Crippen molar-refractivity contribution in [3.8, 4) is 11.3 Å². The summed E-state index contributed by atoms with van der Waals surface area (Å²) >= 11 is 7.09. The summed E-state index contributed by atoms with van der Waals surface area (Å²) in [7, 11) is 0. The number of hydrogen-bond acceptors (Lipinski definition) is 6. The van der Waals surface area contributed by atoms with Crippen LogP contribution in [-0.4, -0.2) is 32.9 Å². The predicted molar refractivity (Wildman–Crippen MR) is 114 cm³/mol. The monoisotopic (exact) mass is 459 g/mol. The van der Waals surface area contributed by atoms with E-state index in [4.69, 9.17) is 16.1 Å². The van der Waals surface area contributed by atoms with Crippen LogP contribution in [0.5, 0.6) is 0 Å². The zero-order valence-electron chi connectivity index (χ0n) is 16.1. The van der Waals surface area contributed by atoms with Gasteiger partial charge in [0.05, 0.1) is 22.9 Å². The number of rotatable bonds is 5. The number of aryl methyl sites for hydroxylation is 1. The first-order valence-electron chi connectivity index (χ1n) is 9.13. The van der Waals surface area contributed by atoms with Crippen molar-refractivity contribution in [2.24, 2.45) is 0 Å². The number of hydrogen-bond donors (Lipinski definition) is 1. The lowest BCUT2D eigenvalue weighted by Gasteiger charge is -2.13. The van der Waals surface area contributed by atoms with Crippen LogP contribution in [0.1, 0.15) is 21.7 Å². The Hall–Kier alpha value is -3.17. The summed E-state index contributed by atoms with van der Waals surface area (Å²) in [5.41, 5.74) is 1.27. The third kappa shape index (κ3) is 4.19. The lowest BCUT2D eigenvalue weighted by Crippen LogP contribution is -2.27. The number of carbonyl (C=O) groups is 3. The Morgan fingerprint density at radius 2 is 2.00 bits per heavy atom. The molecule has 4 rings (SSSR count). The average Bonchev–Trinajstić information content (AvgIpc) is 3.26. The maximum absolute atomic E-state index is 14.3. The molecule has 7 nitrogen and oxygen atoms in total. The number of nitrogens with zero attached hydrogens (tertiary/aromatic N) is 2. The highest BCUT2D eigenvalue weighted by molar-refractivity contribution is 8.14. The topological polar surface area (TPSA) is 92.5 Å².